The van der Waals surface area contributed by atoms with Gasteiger partial charge in [0.15, 0.2) is 0 Å². The van der Waals surface area contributed by atoms with Crippen molar-refractivity contribution in [3.63, 3.8) is 0 Å². The minimum absolute atomic E-state index is 0.0347. The van der Waals surface area contributed by atoms with E-state index in [0.717, 1.165) is 10.0 Å². The summed E-state index contributed by atoms with van der Waals surface area (Å²) >= 11 is 3.31. The third-order valence-electron chi connectivity index (χ3n) is 2.25. The molecule has 17 heavy (non-hydrogen) atoms. The van der Waals surface area contributed by atoms with Gasteiger partial charge in [0.1, 0.15) is 0 Å². The van der Waals surface area contributed by atoms with Crippen LogP contribution in [0.5, 0.6) is 0 Å². The summed E-state index contributed by atoms with van der Waals surface area (Å²) in [5.41, 5.74) is 0.948. The monoisotopic (exact) mass is 300 g/mol. The lowest BCUT2D eigenvalue weighted by atomic mass is 10.0. The van der Waals surface area contributed by atoms with Gasteiger partial charge in [0.05, 0.1) is 0 Å². The van der Waals surface area contributed by atoms with Gasteiger partial charge in [-0.25, -0.2) is 0 Å². The van der Waals surface area contributed by atoms with E-state index in [4.69, 9.17) is 5.11 Å². The summed E-state index contributed by atoms with van der Waals surface area (Å²) in [7, 11) is 0. The number of nitrogens with one attached hydrogen (secondary N) is 1. The van der Waals surface area contributed by atoms with Crippen LogP contribution in [0.1, 0.15) is 18.4 Å². The lowest BCUT2D eigenvalue weighted by Gasteiger charge is -2.14. The maximum atomic E-state index is 10.5. The van der Waals surface area contributed by atoms with Crippen LogP contribution in [0.2, 0.25) is 0 Å². The highest BCUT2D eigenvalue weighted by molar-refractivity contribution is 9.10. The van der Waals surface area contributed by atoms with Crippen molar-refractivity contribution in [2.24, 2.45) is 0 Å². The Morgan fingerprint density at radius 1 is 1.59 bits per heavy atom. The number of carbonyl (C=O) groups is 2. The molecule has 0 aliphatic carbocycles. The molecular weight excluding hydrogens is 288 g/mol. The summed E-state index contributed by atoms with van der Waals surface area (Å²) < 4.78 is 0.859. The molecule has 1 unspecified atom stereocenters. The maximum absolute atomic E-state index is 10.5. The fraction of sp³-hybridized carbons (Fsp3) is 0.364. The van der Waals surface area contributed by atoms with Crippen molar-refractivity contribution in [2.75, 3.05) is 0 Å². The lowest BCUT2D eigenvalue weighted by Crippen LogP contribution is -2.30. The zero-order valence-corrected chi connectivity index (χ0v) is 10.7. The number of hydrogen-bond acceptors (Lipinski definition) is 3. The molecule has 1 amide bonds. The number of aliphatic carboxylic acids is 1. The number of amides is 1. The summed E-state index contributed by atoms with van der Waals surface area (Å²) in [5, 5.41) is 11.2. The zero-order valence-electron chi connectivity index (χ0n) is 9.10. The van der Waals surface area contributed by atoms with Gasteiger partial charge < -0.3 is 10.4 Å². The Labute approximate surface area is 107 Å². The van der Waals surface area contributed by atoms with Crippen LogP contribution in [0.15, 0.2) is 22.9 Å². The third-order valence-corrected chi connectivity index (χ3v) is 2.69. The molecule has 2 N–H and O–H groups in total. The van der Waals surface area contributed by atoms with Crippen LogP contribution < -0.4 is 5.32 Å². The predicted octanol–water partition coefficient (Wildman–Crippen LogP) is 1.37. The smallest absolute Gasteiger partial charge is 0.303 e. The number of hydrogen-bond donors (Lipinski definition) is 2. The first-order valence-electron chi connectivity index (χ1n) is 5.12. The molecule has 0 saturated heterocycles. The average Bonchev–Trinajstić information content (AvgIpc) is 2.26. The second kappa shape index (κ2) is 7.01. The standard InChI is InChI=1S/C11H13BrN2O3/c12-9-3-8(5-13-6-9)4-10(14-7-15)1-2-11(16)17/h3,5-7,10H,1-2,4H2,(H,14,15)(H,16,17). The second-order valence-corrected chi connectivity index (χ2v) is 4.55. The first-order valence-corrected chi connectivity index (χ1v) is 5.92. The van der Waals surface area contributed by atoms with Crippen molar-refractivity contribution >= 4 is 28.3 Å². The minimum atomic E-state index is -0.866. The Hall–Kier alpha value is -1.43. The van der Waals surface area contributed by atoms with E-state index in [2.05, 4.69) is 26.2 Å². The van der Waals surface area contributed by atoms with Gasteiger partial charge in [-0.1, -0.05) is 0 Å². The molecule has 92 valence electrons. The van der Waals surface area contributed by atoms with E-state index in [-0.39, 0.29) is 12.5 Å². The molecule has 1 heterocycles. The van der Waals surface area contributed by atoms with Crippen LogP contribution in [0, 0.1) is 0 Å². The van der Waals surface area contributed by atoms with Crippen LogP contribution in [0.4, 0.5) is 0 Å². The van der Waals surface area contributed by atoms with E-state index in [0.29, 0.717) is 19.3 Å². The number of carbonyl (C=O) groups excluding carboxylic acids is 1. The van der Waals surface area contributed by atoms with Crippen molar-refractivity contribution in [3.8, 4) is 0 Å². The highest BCUT2D eigenvalue weighted by Crippen LogP contribution is 2.12. The van der Waals surface area contributed by atoms with Gasteiger partial charge in [-0.2, -0.15) is 0 Å². The van der Waals surface area contributed by atoms with Crippen LogP contribution in [0.25, 0.3) is 0 Å². The quantitative estimate of drug-likeness (QED) is 0.745. The normalized spacial score (nSPS) is 11.8. The molecule has 0 fully saturated rings. The Morgan fingerprint density at radius 3 is 2.94 bits per heavy atom. The molecule has 0 radical (unpaired) electrons. The van der Waals surface area contributed by atoms with E-state index in [9.17, 15) is 9.59 Å². The van der Waals surface area contributed by atoms with Gasteiger partial charge >= 0.3 is 5.97 Å². The zero-order chi connectivity index (χ0) is 12.7. The molecule has 0 aliphatic rings. The highest BCUT2D eigenvalue weighted by atomic mass is 79.9. The van der Waals surface area contributed by atoms with Crippen molar-refractivity contribution < 1.29 is 14.7 Å². The summed E-state index contributed by atoms with van der Waals surface area (Å²) in [6.07, 6.45) is 4.97. The molecule has 5 nitrogen and oxygen atoms in total. The predicted molar refractivity (Wildman–Crippen MR) is 65.5 cm³/mol. The van der Waals surface area contributed by atoms with Gasteiger partial charge in [-0.3, -0.25) is 14.6 Å². The van der Waals surface area contributed by atoms with Crippen molar-refractivity contribution in [1.29, 1.82) is 0 Å². The molecule has 1 rings (SSSR count). The Bertz CT molecular complexity index is 398. The molecule has 1 aromatic heterocycles. The van der Waals surface area contributed by atoms with Crippen molar-refractivity contribution in [2.45, 2.75) is 25.3 Å². The van der Waals surface area contributed by atoms with E-state index in [1.165, 1.54) is 0 Å². The van der Waals surface area contributed by atoms with E-state index >= 15 is 0 Å². The molecule has 6 heteroatoms. The summed E-state index contributed by atoms with van der Waals surface area (Å²) in [6.45, 7) is 0. The Balaban J connectivity index is 2.59. The first-order chi connectivity index (χ1) is 8.11. The fourth-order valence-corrected chi connectivity index (χ4v) is 1.90. The van der Waals surface area contributed by atoms with Gasteiger partial charge in [-0.05, 0) is 40.4 Å². The summed E-state index contributed by atoms with van der Waals surface area (Å²) in [5.74, 6) is -0.866. The van der Waals surface area contributed by atoms with Crippen LogP contribution >= 0.6 is 15.9 Å². The number of carboxylic acids is 1. The average molecular weight is 301 g/mol. The molecule has 0 bridgehead atoms. The van der Waals surface area contributed by atoms with Crippen LogP contribution in [-0.2, 0) is 16.0 Å². The van der Waals surface area contributed by atoms with Gasteiger partial charge in [-0.15, -0.1) is 0 Å². The summed E-state index contributed by atoms with van der Waals surface area (Å²) in [6, 6.07) is 1.72. The van der Waals surface area contributed by atoms with E-state index in [1.807, 2.05) is 6.07 Å². The maximum Gasteiger partial charge on any atom is 0.303 e. The molecule has 0 aliphatic heterocycles. The number of rotatable bonds is 7. The molecule has 0 aromatic carbocycles. The molecular formula is C11H13BrN2O3. The number of nitrogens with zero attached hydrogens (tertiary/aromatic N) is 1. The van der Waals surface area contributed by atoms with Gasteiger partial charge in [0.25, 0.3) is 0 Å². The number of carboxylic acid groups (broad SMARTS) is 1. The van der Waals surface area contributed by atoms with Crippen LogP contribution in [0.3, 0.4) is 0 Å². The Morgan fingerprint density at radius 2 is 2.35 bits per heavy atom. The first kappa shape index (κ1) is 13.6. The van der Waals surface area contributed by atoms with Gasteiger partial charge in [0.2, 0.25) is 6.41 Å². The molecule has 0 saturated carbocycles. The number of halogens is 1. The third kappa shape index (κ3) is 5.44. The molecule has 1 atom stereocenters. The minimum Gasteiger partial charge on any atom is -0.481 e. The van der Waals surface area contributed by atoms with E-state index in [1.54, 1.807) is 12.4 Å². The van der Waals surface area contributed by atoms with E-state index < -0.39 is 5.97 Å². The van der Waals surface area contributed by atoms with Crippen molar-refractivity contribution in [1.82, 2.24) is 10.3 Å². The molecule has 1 aromatic rings. The number of pyridine rings is 1. The fourth-order valence-electron chi connectivity index (χ4n) is 1.49. The van der Waals surface area contributed by atoms with Crippen LogP contribution in [-0.4, -0.2) is 28.5 Å². The lowest BCUT2D eigenvalue weighted by molar-refractivity contribution is -0.137. The topological polar surface area (TPSA) is 79.3 Å². The second-order valence-electron chi connectivity index (χ2n) is 3.63. The highest BCUT2D eigenvalue weighted by Gasteiger charge is 2.11. The largest absolute Gasteiger partial charge is 0.481 e. The van der Waals surface area contributed by atoms with Crippen molar-refractivity contribution in [3.05, 3.63) is 28.5 Å². The van der Waals surface area contributed by atoms with Gasteiger partial charge in [0, 0.05) is 29.3 Å². The number of aromatic nitrogens is 1. The summed E-state index contributed by atoms with van der Waals surface area (Å²) in [4.78, 5) is 24.9. The molecule has 0 spiro atoms. The Kier molecular flexibility index (Phi) is 5.62. The SMILES string of the molecule is O=CNC(CCC(=O)O)Cc1cncc(Br)c1.